The molecule has 0 bridgehead atoms. The molecule has 1 amide bonds. The standard InChI is InChI=1S/C15H20FNO.C3H4.C2HF3O2/c16-14-9-7-12(8-10-14)11-17-15(18)13-5-3-1-2-4-6-13;1-3-2;3-2(4,5)1(6)7/h7-10,13H,1-6,11H2,(H,17,18);1H,2H3;(H,6,7). The monoisotopic (exact) mass is 403 g/mol. The first-order chi connectivity index (χ1) is 13.1. The Morgan fingerprint density at radius 2 is 1.57 bits per heavy atom. The van der Waals surface area contributed by atoms with Gasteiger partial charge in [-0.05, 0) is 37.5 Å². The second kappa shape index (κ2) is 13.6. The molecule has 8 heteroatoms. The number of carboxylic acids is 1. The van der Waals surface area contributed by atoms with Gasteiger partial charge in [0.25, 0.3) is 0 Å². The molecule has 2 N–H and O–H groups in total. The largest absolute Gasteiger partial charge is 0.490 e. The van der Waals surface area contributed by atoms with Gasteiger partial charge in [-0.1, -0.05) is 37.8 Å². The Labute approximate surface area is 162 Å². The topological polar surface area (TPSA) is 66.4 Å². The molecule has 0 aromatic heterocycles. The Morgan fingerprint density at radius 3 is 1.96 bits per heavy atom. The summed E-state index contributed by atoms with van der Waals surface area (Å²) in [5.74, 6) is -0.421. The van der Waals surface area contributed by atoms with Crippen molar-refractivity contribution in [3.05, 3.63) is 35.6 Å². The molecule has 0 heterocycles. The molecule has 0 aliphatic heterocycles. The Hall–Kier alpha value is -2.56. The normalized spacial score (nSPS) is 14.1. The number of terminal acetylenes is 1. The first-order valence-electron chi connectivity index (χ1n) is 8.81. The predicted molar refractivity (Wildman–Crippen MR) is 97.6 cm³/mol. The first-order valence-corrected chi connectivity index (χ1v) is 8.81. The highest BCUT2D eigenvalue weighted by Gasteiger charge is 2.38. The number of carboxylic acid groups (broad SMARTS) is 1. The minimum absolute atomic E-state index is 0.154. The van der Waals surface area contributed by atoms with E-state index in [2.05, 4.69) is 17.7 Å². The van der Waals surface area contributed by atoms with Crippen LogP contribution >= 0.6 is 0 Å². The molecule has 0 atom stereocenters. The third-order valence-corrected chi connectivity index (χ3v) is 3.85. The molecule has 0 radical (unpaired) electrons. The number of halogens is 4. The van der Waals surface area contributed by atoms with E-state index >= 15 is 0 Å². The van der Waals surface area contributed by atoms with Crippen LogP contribution in [0.25, 0.3) is 0 Å². The van der Waals surface area contributed by atoms with Gasteiger partial charge in [0.05, 0.1) is 0 Å². The zero-order valence-corrected chi connectivity index (χ0v) is 15.7. The van der Waals surface area contributed by atoms with Gasteiger partial charge in [0.1, 0.15) is 5.82 Å². The fourth-order valence-corrected chi connectivity index (χ4v) is 2.48. The van der Waals surface area contributed by atoms with Crippen LogP contribution in [0.15, 0.2) is 24.3 Å². The Kier molecular flexibility index (Phi) is 12.3. The lowest BCUT2D eigenvalue weighted by Gasteiger charge is -2.14. The molecular weight excluding hydrogens is 378 g/mol. The van der Waals surface area contributed by atoms with Crippen molar-refractivity contribution in [3.63, 3.8) is 0 Å². The van der Waals surface area contributed by atoms with Crippen molar-refractivity contribution in [1.29, 1.82) is 0 Å². The van der Waals surface area contributed by atoms with E-state index in [9.17, 15) is 22.4 Å². The van der Waals surface area contributed by atoms with E-state index in [1.165, 1.54) is 25.0 Å². The summed E-state index contributed by atoms with van der Waals surface area (Å²) in [6, 6.07) is 6.27. The average Bonchev–Trinajstić information content (AvgIpc) is 2.91. The minimum atomic E-state index is -5.08. The number of benzene rings is 1. The Morgan fingerprint density at radius 1 is 1.14 bits per heavy atom. The summed E-state index contributed by atoms with van der Waals surface area (Å²) in [7, 11) is 0. The summed E-state index contributed by atoms with van der Waals surface area (Å²) < 4.78 is 44.5. The van der Waals surface area contributed by atoms with Crippen molar-refractivity contribution in [2.24, 2.45) is 5.92 Å². The first kappa shape index (κ1) is 25.4. The Balaban J connectivity index is 0.000000612. The summed E-state index contributed by atoms with van der Waals surface area (Å²) in [6.07, 6.45) is 6.36. The Bertz CT molecular complexity index is 628. The van der Waals surface area contributed by atoms with Crippen LogP contribution < -0.4 is 5.32 Å². The zero-order valence-electron chi connectivity index (χ0n) is 15.7. The van der Waals surface area contributed by atoms with Crippen molar-refractivity contribution in [2.45, 2.75) is 58.2 Å². The maximum Gasteiger partial charge on any atom is 0.490 e. The fourth-order valence-electron chi connectivity index (χ4n) is 2.48. The van der Waals surface area contributed by atoms with Crippen molar-refractivity contribution in [1.82, 2.24) is 5.32 Å². The fraction of sp³-hybridized carbons (Fsp3) is 0.500. The zero-order chi connectivity index (χ0) is 21.6. The van der Waals surface area contributed by atoms with Crippen molar-refractivity contribution in [2.75, 3.05) is 0 Å². The third kappa shape index (κ3) is 11.9. The summed E-state index contributed by atoms with van der Waals surface area (Å²) in [4.78, 5) is 20.9. The summed E-state index contributed by atoms with van der Waals surface area (Å²) >= 11 is 0. The molecule has 2 rings (SSSR count). The highest BCUT2D eigenvalue weighted by Crippen LogP contribution is 2.23. The lowest BCUT2D eigenvalue weighted by Crippen LogP contribution is -2.30. The van der Waals surface area contributed by atoms with Crippen LogP contribution in [0.5, 0.6) is 0 Å². The highest BCUT2D eigenvalue weighted by molar-refractivity contribution is 5.78. The second-order valence-electron chi connectivity index (χ2n) is 6.12. The van der Waals surface area contributed by atoms with E-state index in [1.807, 2.05) is 0 Å². The van der Waals surface area contributed by atoms with Crippen LogP contribution in [0.1, 0.15) is 51.0 Å². The highest BCUT2D eigenvalue weighted by atomic mass is 19.4. The molecule has 0 saturated heterocycles. The summed E-state index contributed by atoms with van der Waals surface area (Å²) in [5, 5.41) is 10.1. The number of nitrogens with one attached hydrogen (secondary N) is 1. The molecule has 1 aromatic carbocycles. The molecule has 0 spiro atoms. The number of rotatable bonds is 3. The van der Waals surface area contributed by atoms with E-state index in [0.717, 1.165) is 31.2 Å². The van der Waals surface area contributed by atoms with Gasteiger partial charge in [-0.25, -0.2) is 9.18 Å². The van der Waals surface area contributed by atoms with E-state index in [0.29, 0.717) is 6.54 Å². The molecular formula is C20H25F4NO3. The van der Waals surface area contributed by atoms with Crippen molar-refractivity contribution < 1.29 is 32.3 Å². The molecule has 4 nitrogen and oxygen atoms in total. The van der Waals surface area contributed by atoms with E-state index < -0.39 is 12.1 Å². The number of carbonyl (C=O) groups excluding carboxylic acids is 1. The van der Waals surface area contributed by atoms with Gasteiger partial charge in [-0.3, -0.25) is 4.79 Å². The SMILES string of the molecule is C#CC.O=C(NCc1ccc(F)cc1)C1CCCCCC1.O=C(O)C(F)(F)F. The minimum Gasteiger partial charge on any atom is -0.475 e. The number of hydrogen-bond donors (Lipinski definition) is 2. The predicted octanol–water partition coefficient (Wildman–Crippen LogP) is 4.69. The second-order valence-corrected chi connectivity index (χ2v) is 6.12. The molecule has 28 heavy (non-hydrogen) atoms. The van der Waals surface area contributed by atoms with E-state index in [-0.39, 0.29) is 17.6 Å². The number of alkyl halides is 3. The van der Waals surface area contributed by atoms with Gasteiger partial charge in [0.2, 0.25) is 5.91 Å². The molecule has 1 aliphatic carbocycles. The third-order valence-electron chi connectivity index (χ3n) is 3.85. The van der Waals surface area contributed by atoms with E-state index in [1.54, 1.807) is 19.1 Å². The van der Waals surface area contributed by atoms with Crippen molar-refractivity contribution >= 4 is 11.9 Å². The van der Waals surface area contributed by atoms with Gasteiger partial charge in [-0.2, -0.15) is 13.2 Å². The molecule has 156 valence electrons. The number of aliphatic carboxylic acids is 1. The molecule has 1 aromatic rings. The van der Waals surface area contributed by atoms with Gasteiger partial charge in [-0.15, -0.1) is 12.3 Å². The summed E-state index contributed by atoms with van der Waals surface area (Å²) in [6.45, 7) is 2.15. The van der Waals surface area contributed by atoms with Crippen LogP contribution in [-0.4, -0.2) is 23.2 Å². The van der Waals surface area contributed by atoms with Crippen LogP contribution in [0.3, 0.4) is 0 Å². The lowest BCUT2D eigenvalue weighted by atomic mass is 9.99. The van der Waals surface area contributed by atoms with Gasteiger partial charge >= 0.3 is 12.1 Å². The quantitative estimate of drug-likeness (QED) is 0.437. The molecule has 1 fully saturated rings. The molecule has 1 saturated carbocycles. The average molecular weight is 403 g/mol. The van der Waals surface area contributed by atoms with Gasteiger partial charge in [0, 0.05) is 12.5 Å². The van der Waals surface area contributed by atoms with E-state index in [4.69, 9.17) is 9.90 Å². The van der Waals surface area contributed by atoms with Crippen molar-refractivity contribution in [3.8, 4) is 12.3 Å². The number of hydrogen-bond acceptors (Lipinski definition) is 2. The van der Waals surface area contributed by atoms with Crippen LogP contribution in [0.4, 0.5) is 17.6 Å². The van der Waals surface area contributed by atoms with Crippen LogP contribution in [-0.2, 0) is 16.1 Å². The maximum atomic E-state index is 12.7. The van der Waals surface area contributed by atoms with Crippen LogP contribution in [0.2, 0.25) is 0 Å². The van der Waals surface area contributed by atoms with Crippen LogP contribution in [0, 0.1) is 24.1 Å². The van der Waals surface area contributed by atoms with Gasteiger partial charge < -0.3 is 10.4 Å². The number of amides is 1. The smallest absolute Gasteiger partial charge is 0.475 e. The molecule has 0 unspecified atom stereocenters. The molecule has 1 aliphatic rings. The maximum absolute atomic E-state index is 12.7. The number of carbonyl (C=O) groups is 2. The van der Waals surface area contributed by atoms with Gasteiger partial charge in [0.15, 0.2) is 0 Å². The lowest BCUT2D eigenvalue weighted by molar-refractivity contribution is -0.192. The summed E-state index contributed by atoms with van der Waals surface area (Å²) in [5.41, 5.74) is 0.943.